The fourth-order valence-corrected chi connectivity index (χ4v) is 4.04. The Kier molecular flexibility index (Phi) is 7.62. The number of hydrogen-bond acceptors (Lipinski definition) is 10. The van der Waals surface area contributed by atoms with Crippen LogP contribution in [-0.2, 0) is 4.74 Å². The lowest BCUT2D eigenvalue weighted by atomic mass is 9.99. The molecule has 0 unspecified atom stereocenters. The standard InChI is InChI=1S/C26H28O10/c1-13-24(33-3)20-15(10-17(32-2)11-18(20)35-25(13)31)7-4-14-5-8-16(9-6-14)34-26-23(30)22(29)21(28)19(12-27)36-26/h4-11,19,21-23,26-30H,12H2,1-3H3/t19-,21-,22+,23-,26-/m1/s1. The Morgan fingerprint density at radius 3 is 2.31 bits per heavy atom. The summed E-state index contributed by atoms with van der Waals surface area (Å²) in [4.78, 5) is 12.2. The normalized spacial score (nSPS) is 24.2. The maximum atomic E-state index is 12.2. The van der Waals surface area contributed by atoms with Gasteiger partial charge in [-0.2, -0.15) is 0 Å². The van der Waals surface area contributed by atoms with E-state index in [4.69, 9.17) is 23.4 Å². The van der Waals surface area contributed by atoms with Gasteiger partial charge in [0.1, 0.15) is 47.2 Å². The molecule has 3 aromatic rings. The zero-order valence-electron chi connectivity index (χ0n) is 20.0. The molecule has 5 atom stereocenters. The van der Waals surface area contributed by atoms with Gasteiger partial charge in [0.2, 0.25) is 6.29 Å². The van der Waals surface area contributed by atoms with Gasteiger partial charge in [-0.25, -0.2) is 4.79 Å². The first-order valence-corrected chi connectivity index (χ1v) is 11.2. The van der Waals surface area contributed by atoms with E-state index in [2.05, 4.69) is 0 Å². The maximum absolute atomic E-state index is 12.2. The van der Waals surface area contributed by atoms with Gasteiger partial charge in [-0.05, 0) is 36.2 Å². The molecule has 0 saturated carbocycles. The summed E-state index contributed by atoms with van der Waals surface area (Å²) in [5, 5.41) is 39.9. The predicted octanol–water partition coefficient (Wildman–Crippen LogP) is 1.47. The third kappa shape index (κ3) is 4.95. The van der Waals surface area contributed by atoms with Gasteiger partial charge in [0.25, 0.3) is 0 Å². The highest BCUT2D eigenvalue weighted by atomic mass is 16.7. The number of aliphatic hydroxyl groups excluding tert-OH is 4. The molecule has 10 nitrogen and oxygen atoms in total. The zero-order chi connectivity index (χ0) is 26.0. The minimum Gasteiger partial charge on any atom is -0.497 e. The Labute approximate surface area is 206 Å². The Morgan fingerprint density at radius 1 is 0.944 bits per heavy atom. The van der Waals surface area contributed by atoms with Crippen molar-refractivity contribution in [1.29, 1.82) is 0 Å². The molecule has 0 aliphatic carbocycles. The largest absolute Gasteiger partial charge is 0.497 e. The van der Waals surface area contributed by atoms with Gasteiger partial charge in [0, 0.05) is 6.07 Å². The van der Waals surface area contributed by atoms with Crippen molar-refractivity contribution in [2.75, 3.05) is 20.8 Å². The second kappa shape index (κ2) is 10.7. The molecule has 36 heavy (non-hydrogen) atoms. The molecule has 0 spiro atoms. The quantitative estimate of drug-likeness (QED) is 0.278. The number of rotatable bonds is 7. The van der Waals surface area contributed by atoms with E-state index >= 15 is 0 Å². The van der Waals surface area contributed by atoms with Gasteiger partial charge in [-0.15, -0.1) is 0 Å². The smallest absolute Gasteiger partial charge is 0.342 e. The monoisotopic (exact) mass is 500 g/mol. The molecule has 0 amide bonds. The van der Waals surface area contributed by atoms with Gasteiger partial charge >= 0.3 is 5.63 Å². The van der Waals surface area contributed by atoms with Crippen LogP contribution in [-0.4, -0.2) is 72.0 Å². The van der Waals surface area contributed by atoms with Crippen LogP contribution in [0.3, 0.4) is 0 Å². The number of fused-ring (bicyclic) bond motifs is 1. The first-order valence-electron chi connectivity index (χ1n) is 11.2. The van der Waals surface area contributed by atoms with Crippen molar-refractivity contribution in [3.05, 3.63) is 63.5 Å². The number of aliphatic hydroxyl groups is 4. The Bertz CT molecular complexity index is 1290. The van der Waals surface area contributed by atoms with Gasteiger partial charge < -0.3 is 43.8 Å². The van der Waals surface area contributed by atoms with Crippen LogP contribution in [0.4, 0.5) is 0 Å². The number of ether oxygens (including phenoxy) is 4. The zero-order valence-corrected chi connectivity index (χ0v) is 20.0. The molecule has 1 aliphatic rings. The fourth-order valence-electron chi connectivity index (χ4n) is 4.04. The molecular weight excluding hydrogens is 472 g/mol. The lowest BCUT2D eigenvalue weighted by Crippen LogP contribution is -2.60. The topological polar surface area (TPSA) is 148 Å². The summed E-state index contributed by atoms with van der Waals surface area (Å²) in [6.45, 7) is 1.09. The number of methoxy groups -OCH3 is 2. The van der Waals surface area contributed by atoms with Crippen molar-refractivity contribution < 1.29 is 43.8 Å². The molecule has 2 heterocycles. The molecule has 1 aliphatic heterocycles. The minimum atomic E-state index is -1.52. The van der Waals surface area contributed by atoms with Crippen LogP contribution in [0.5, 0.6) is 17.2 Å². The first-order chi connectivity index (χ1) is 17.3. The van der Waals surface area contributed by atoms with Crippen LogP contribution < -0.4 is 19.8 Å². The van der Waals surface area contributed by atoms with Crippen LogP contribution in [0.25, 0.3) is 23.1 Å². The van der Waals surface area contributed by atoms with E-state index in [-0.39, 0.29) is 0 Å². The summed E-state index contributed by atoms with van der Waals surface area (Å²) >= 11 is 0. The molecular formula is C26H28O10. The summed E-state index contributed by atoms with van der Waals surface area (Å²) < 4.78 is 27.3. The Hall–Kier alpha value is -3.41. The SMILES string of the molecule is COc1cc(C=Cc2ccc(O[C@@H]3O[C@H](CO)[C@@H](O)[C@H](O)[C@H]3O)cc2)c2c(OC)c(C)c(=O)oc2c1. The number of hydrogen-bond donors (Lipinski definition) is 4. The Morgan fingerprint density at radius 2 is 1.67 bits per heavy atom. The lowest BCUT2D eigenvalue weighted by molar-refractivity contribution is -0.277. The van der Waals surface area contributed by atoms with E-state index in [1.165, 1.54) is 14.2 Å². The molecule has 0 bridgehead atoms. The van der Waals surface area contributed by atoms with E-state index in [1.807, 2.05) is 12.2 Å². The number of benzene rings is 2. The second-order valence-electron chi connectivity index (χ2n) is 8.36. The Balaban J connectivity index is 1.59. The van der Waals surface area contributed by atoms with Crippen LogP contribution in [0, 0.1) is 6.92 Å². The minimum absolute atomic E-state index is 0.338. The van der Waals surface area contributed by atoms with E-state index in [1.54, 1.807) is 43.3 Å². The molecule has 1 saturated heterocycles. The lowest BCUT2D eigenvalue weighted by Gasteiger charge is -2.39. The van der Waals surface area contributed by atoms with Gasteiger partial charge in [-0.1, -0.05) is 24.3 Å². The fraction of sp³-hybridized carbons (Fsp3) is 0.346. The second-order valence-corrected chi connectivity index (χ2v) is 8.36. The van der Waals surface area contributed by atoms with E-state index in [0.717, 1.165) is 11.1 Å². The highest BCUT2D eigenvalue weighted by Gasteiger charge is 2.44. The van der Waals surface area contributed by atoms with Crippen LogP contribution in [0.1, 0.15) is 16.7 Å². The highest BCUT2D eigenvalue weighted by Crippen LogP contribution is 2.34. The van der Waals surface area contributed by atoms with Gasteiger partial charge in [-0.3, -0.25) is 0 Å². The third-order valence-electron chi connectivity index (χ3n) is 6.06. The summed E-state index contributed by atoms with van der Waals surface area (Å²) in [7, 11) is 3.01. The van der Waals surface area contributed by atoms with E-state index < -0.39 is 42.9 Å². The molecule has 4 N–H and O–H groups in total. The summed E-state index contributed by atoms with van der Waals surface area (Å²) in [6.07, 6.45) is -3.13. The molecule has 1 aromatic heterocycles. The van der Waals surface area contributed by atoms with Gasteiger partial charge in [0.05, 0.1) is 31.8 Å². The molecule has 1 fully saturated rings. The predicted molar refractivity (Wildman–Crippen MR) is 130 cm³/mol. The van der Waals surface area contributed by atoms with Crippen molar-refractivity contribution in [3.8, 4) is 17.2 Å². The first kappa shape index (κ1) is 25.7. The molecule has 2 aromatic carbocycles. The van der Waals surface area contributed by atoms with Crippen LogP contribution >= 0.6 is 0 Å². The highest BCUT2D eigenvalue weighted by molar-refractivity contribution is 5.95. The summed E-state index contributed by atoms with van der Waals surface area (Å²) in [5.74, 6) is 1.29. The average molecular weight is 501 g/mol. The van der Waals surface area contributed by atoms with Crippen molar-refractivity contribution in [3.63, 3.8) is 0 Å². The molecule has 4 rings (SSSR count). The van der Waals surface area contributed by atoms with E-state index in [0.29, 0.717) is 33.8 Å². The summed E-state index contributed by atoms with van der Waals surface area (Å²) in [5.41, 5.74) is 1.73. The van der Waals surface area contributed by atoms with Crippen molar-refractivity contribution >= 4 is 23.1 Å². The van der Waals surface area contributed by atoms with Crippen LogP contribution in [0.2, 0.25) is 0 Å². The van der Waals surface area contributed by atoms with E-state index in [9.17, 15) is 25.2 Å². The third-order valence-corrected chi connectivity index (χ3v) is 6.06. The maximum Gasteiger partial charge on any atom is 0.342 e. The summed E-state index contributed by atoms with van der Waals surface area (Å²) in [6, 6.07) is 10.3. The van der Waals surface area contributed by atoms with Crippen LogP contribution in [0.15, 0.2) is 45.6 Å². The molecule has 192 valence electrons. The molecule has 10 heteroatoms. The van der Waals surface area contributed by atoms with Crippen molar-refractivity contribution in [1.82, 2.24) is 0 Å². The van der Waals surface area contributed by atoms with Crippen molar-refractivity contribution in [2.45, 2.75) is 37.6 Å². The van der Waals surface area contributed by atoms with Crippen molar-refractivity contribution in [2.24, 2.45) is 0 Å². The molecule has 0 radical (unpaired) electrons. The average Bonchev–Trinajstić information content (AvgIpc) is 2.89. The van der Waals surface area contributed by atoms with Gasteiger partial charge in [0.15, 0.2) is 0 Å².